The Bertz CT molecular complexity index is 445. The smallest absolute Gasteiger partial charge is 0.260 e. The van der Waals surface area contributed by atoms with E-state index in [0.717, 1.165) is 12.8 Å². The Morgan fingerprint density at radius 3 is 2.53 bits per heavy atom. The van der Waals surface area contributed by atoms with E-state index in [9.17, 15) is 14.3 Å². The largest absolute Gasteiger partial charge is 0.507 e. The zero-order chi connectivity index (χ0) is 14.0. The second kappa shape index (κ2) is 5.59. The molecule has 1 N–H and O–H groups in total. The number of nitrogens with zero attached hydrogens (tertiary/aromatic N) is 1. The predicted octanol–water partition coefficient (Wildman–Crippen LogP) is 3.04. The summed E-state index contributed by atoms with van der Waals surface area (Å²) in [4.78, 5) is 13.9. The van der Waals surface area contributed by atoms with Crippen molar-refractivity contribution in [3.63, 3.8) is 0 Å². The number of benzene rings is 1. The van der Waals surface area contributed by atoms with Crippen molar-refractivity contribution in [3.8, 4) is 5.75 Å². The van der Waals surface area contributed by atoms with Crippen molar-refractivity contribution >= 4 is 5.91 Å². The average molecular weight is 265 g/mol. The van der Waals surface area contributed by atoms with Gasteiger partial charge in [0, 0.05) is 13.1 Å². The zero-order valence-electron chi connectivity index (χ0n) is 11.4. The van der Waals surface area contributed by atoms with Gasteiger partial charge in [-0.2, -0.15) is 0 Å². The van der Waals surface area contributed by atoms with Crippen LogP contribution in [0.25, 0.3) is 0 Å². The van der Waals surface area contributed by atoms with E-state index < -0.39 is 11.7 Å². The summed E-state index contributed by atoms with van der Waals surface area (Å²) in [7, 11) is 0. The van der Waals surface area contributed by atoms with Crippen LogP contribution in [0.4, 0.5) is 4.39 Å². The van der Waals surface area contributed by atoms with Gasteiger partial charge in [-0.05, 0) is 36.8 Å². The van der Waals surface area contributed by atoms with Crippen LogP contribution >= 0.6 is 0 Å². The Kier molecular flexibility index (Phi) is 4.08. The zero-order valence-corrected chi connectivity index (χ0v) is 11.4. The molecule has 1 aromatic carbocycles. The molecule has 0 unspecified atom stereocenters. The van der Waals surface area contributed by atoms with Gasteiger partial charge in [-0.15, -0.1) is 0 Å². The summed E-state index contributed by atoms with van der Waals surface area (Å²) in [6, 6.07) is 3.94. The van der Waals surface area contributed by atoms with Crippen LogP contribution < -0.4 is 0 Å². The molecule has 1 amide bonds. The Labute approximate surface area is 113 Å². The number of amides is 1. The first-order valence-corrected chi connectivity index (χ1v) is 6.77. The number of carbonyl (C=O) groups is 1. The molecule has 19 heavy (non-hydrogen) atoms. The average Bonchev–Trinajstić information content (AvgIpc) is 2.38. The minimum atomic E-state index is -0.656. The number of aromatic hydroxyl groups is 1. The molecular weight excluding hydrogens is 245 g/mol. The number of rotatable bonds is 2. The first-order valence-electron chi connectivity index (χ1n) is 6.77. The third kappa shape index (κ3) is 2.88. The van der Waals surface area contributed by atoms with Gasteiger partial charge in [-0.3, -0.25) is 4.79 Å². The van der Waals surface area contributed by atoms with Gasteiger partial charge in [0.05, 0.1) is 0 Å². The highest BCUT2D eigenvalue weighted by Gasteiger charge is 2.28. The van der Waals surface area contributed by atoms with Crippen LogP contribution in [0.2, 0.25) is 0 Å². The fourth-order valence-corrected chi connectivity index (χ4v) is 2.65. The van der Waals surface area contributed by atoms with Gasteiger partial charge >= 0.3 is 0 Å². The van der Waals surface area contributed by atoms with Crippen LogP contribution in [0.15, 0.2) is 18.2 Å². The van der Waals surface area contributed by atoms with Gasteiger partial charge in [0.15, 0.2) is 0 Å². The van der Waals surface area contributed by atoms with Gasteiger partial charge in [0.1, 0.15) is 17.1 Å². The molecule has 0 aliphatic carbocycles. The lowest BCUT2D eigenvalue weighted by Crippen LogP contribution is -2.39. The quantitative estimate of drug-likeness (QED) is 0.893. The Morgan fingerprint density at radius 2 is 2.00 bits per heavy atom. The molecule has 1 aromatic rings. The van der Waals surface area contributed by atoms with Crippen molar-refractivity contribution in [1.29, 1.82) is 0 Å². The second-order valence-electron chi connectivity index (χ2n) is 5.51. The van der Waals surface area contributed by atoms with E-state index in [1.54, 1.807) is 4.90 Å². The summed E-state index contributed by atoms with van der Waals surface area (Å²) >= 11 is 0. The molecule has 0 bridgehead atoms. The molecule has 1 saturated heterocycles. The summed E-state index contributed by atoms with van der Waals surface area (Å²) in [5, 5.41) is 9.65. The highest BCUT2D eigenvalue weighted by atomic mass is 19.1. The van der Waals surface area contributed by atoms with Crippen molar-refractivity contribution in [2.24, 2.45) is 11.8 Å². The first-order chi connectivity index (χ1) is 9.00. The number of hydrogen-bond acceptors (Lipinski definition) is 2. The predicted molar refractivity (Wildman–Crippen MR) is 71.5 cm³/mol. The van der Waals surface area contributed by atoms with Gasteiger partial charge < -0.3 is 10.0 Å². The van der Waals surface area contributed by atoms with Gasteiger partial charge in [-0.1, -0.05) is 19.9 Å². The number of halogens is 1. The highest BCUT2D eigenvalue weighted by Crippen LogP contribution is 2.27. The number of phenols is 1. The number of piperidine rings is 1. The Morgan fingerprint density at radius 1 is 1.37 bits per heavy atom. The van der Waals surface area contributed by atoms with Gasteiger partial charge in [-0.25, -0.2) is 4.39 Å². The SMILES string of the molecule is CC(C)C1CCN(C(=O)c2c(O)cccc2F)CC1. The fraction of sp³-hybridized carbons (Fsp3) is 0.533. The van der Waals surface area contributed by atoms with E-state index in [4.69, 9.17) is 0 Å². The van der Waals surface area contributed by atoms with Crippen molar-refractivity contribution in [2.45, 2.75) is 26.7 Å². The number of phenolic OH excluding ortho intramolecular Hbond substituents is 1. The molecule has 0 radical (unpaired) electrons. The van der Waals surface area contributed by atoms with Crippen molar-refractivity contribution in [1.82, 2.24) is 4.90 Å². The molecule has 0 spiro atoms. The van der Waals surface area contributed by atoms with Crippen LogP contribution in [-0.2, 0) is 0 Å². The van der Waals surface area contributed by atoms with E-state index >= 15 is 0 Å². The summed E-state index contributed by atoms with van der Waals surface area (Å²) in [5.74, 6) is -0.109. The standard InChI is InChI=1S/C15H20FNO2/c1-10(2)11-6-8-17(9-7-11)15(19)14-12(16)4-3-5-13(14)18/h3-5,10-11,18H,6-9H2,1-2H3. The summed E-state index contributed by atoms with van der Waals surface area (Å²) in [6.07, 6.45) is 1.89. The van der Waals surface area contributed by atoms with Gasteiger partial charge in [0.25, 0.3) is 5.91 Å². The summed E-state index contributed by atoms with van der Waals surface area (Å²) in [6.45, 7) is 5.64. The summed E-state index contributed by atoms with van der Waals surface area (Å²) in [5.41, 5.74) is -0.203. The molecule has 4 heteroatoms. The van der Waals surface area contributed by atoms with E-state index in [-0.39, 0.29) is 11.3 Å². The van der Waals surface area contributed by atoms with E-state index in [1.807, 2.05) is 0 Å². The monoisotopic (exact) mass is 265 g/mol. The van der Waals surface area contributed by atoms with Gasteiger partial charge in [0.2, 0.25) is 0 Å². The van der Waals surface area contributed by atoms with Crippen molar-refractivity contribution < 1.29 is 14.3 Å². The molecule has 3 nitrogen and oxygen atoms in total. The lowest BCUT2D eigenvalue weighted by Gasteiger charge is -2.34. The van der Waals surface area contributed by atoms with E-state index in [1.165, 1.54) is 18.2 Å². The lowest BCUT2D eigenvalue weighted by atomic mass is 9.86. The van der Waals surface area contributed by atoms with Crippen LogP contribution in [0.1, 0.15) is 37.0 Å². The third-order valence-electron chi connectivity index (χ3n) is 3.98. The van der Waals surface area contributed by atoms with E-state index in [0.29, 0.717) is 24.9 Å². The second-order valence-corrected chi connectivity index (χ2v) is 5.51. The Balaban J connectivity index is 2.10. The van der Waals surface area contributed by atoms with Crippen LogP contribution in [-0.4, -0.2) is 29.0 Å². The normalized spacial score (nSPS) is 16.9. The van der Waals surface area contributed by atoms with E-state index in [2.05, 4.69) is 13.8 Å². The van der Waals surface area contributed by atoms with Crippen LogP contribution in [0.3, 0.4) is 0 Å². The van der Waals surface area contributed by atoms with Crippen molar-refractivity contribution in [2.75, 3.05) is 13.1 Å². The minimum absolute atomic E-state index is 0.203. The third-order valence-corrected chi connectivity index (χ3v) is 3.98. The molecule has 1 aliphatic rings. The molecule has 0 atom stereocenters. The Hall–Kier alpha value is -1.58. The highest BCUT2D eigenvalue weighted by molar-refractivity contribution is 5.97. The lowest BCUT2D eigenvalue weighted by molar-refractivity contribution is 0.0660. The first kappa shape index (κ1) is 13.8. The topological polar surface area (TPSA) is 40.5 Å². The molecule has 1 fully saturated rings. The number of hydrogen-bond donors (Lipinski definition) is 1. The molecule has 1 heterocycles. The maximum Gasteiger partial charge on any atom is 0.260 e. The number of carbonyl (C=O) groups excluding carboxylic acids is 1. The van der Waals surface area contributed by atoms with Crippen molar-refractivity contribution in [3.05, 3.63) is 29.6 Å². The molecular formula is C15H20FNO2. The molecule has 1 aliphatic heterocycles. The minimum Gasteiger partial charge on any atom is -0.507 e. The maximum absolute atomic E-state index is 13.7. The van der Waals surface area contributed by atoms with Crippen LogP contribution in [0.5, 0.6) is 5.75 Å². The molecule has 0 aromatic heterocycles. The fourth-order valence-electron chi connectivity index (χ4n) is 2.65. The summed E-state index contributed by atoms with van der Waals surface area (Å²) < 4.78 is 13.7. The molecule has 2 rings (SSSR count). The molecule has 0 saturated carbocycles. The number of likely N-dealkylation sites (tertiary alicyclic amines) is 1. The van der Waals surface area contributed by atoms with Crippen LogP contribution in [0, 0.1) is 17.7 Å². The maximum atomic E-state index is 13.7. The molecule has 104 valence electrons.